The van der Waals surface area contributed by atoms with Crippen molar-refractivity contribution in [1.82, 2.24) is 10.2 Å². The molecular formula is C49H54N2O8. The van der Waals surface area contributed by atoms with Crippen LogP contribution in [0.4, 0.5) is 0 Å². The average molecular weight is 799 g/mol. The molecule has 2 heterocycles. The molecule has 10 heteroatoms. The van der Waals surface area contributed by atoms with E-state index in [0.29, 0.717) is 96.3 Å². The lowest BCUT2D eigenvalue weighted by Gasteiger charge is -2.39. The zero-order valence-corrected chi connectivity index (χ0v) is 35.7. The maximum Gasteiger partial charge on any atom is 0.135 e. The number of phenols is 4. The van der Waals surface area contributed by atoms with Crippen LogP contribution in [0, 0.1) is 13.8 Å². The molecule has 2 aliphatic rings. The monoisotopic (exact) mass is 798 g/mol. The summed E-state index contributed by atoms with van der Waals surface area (Å²) in [5.41, 5.74) is 9.15. The summed E-state index contributed by atoms with van der Waals surface area (Å²) in [5.74, 6) is 2.15. The summed E-state index contributed by atoms with van der Waals surface area (Å²) in [6.07, 6.45) is 1.25. The van der Waals surface area contributed by atoms with E-state index in [4.69, 9.17) is 18.9 Å². The number of fused-ring (bicyclic) bond motifs is 4. The molecule has 0 spiro atoms. The van der Waals surface area contributed by atoms with Gasteiger partial charge in [-0.05, 0) is 136 Å². The highest BCUT2D eigenvalue weighted by atomic mass is 16.5. The molecule has 10 nitrogen and oxygen atoms in total. The molecule has 0 unspecified atom stereocenters. The van der Waals surface area contributed by atoms with Crippen molar-refractivity contribution in [2.75, 3.05) is 35.5 Å². The quantitative estimate of drug-likeness (QED) is 0.106. The lowest BCUT2D eigenvalue weighted by atomic mass is 9.79. The normalized spacial score (nSPS) is 19.1. The van der Waals surface area contributed by atoms with Gasteiger partial charge in [0.2, 0.25) is 0 Å². The van der Waals surface area contributed by atoms with E-state index in [1.807, 2.05) is 44.2 Å². The van der Waals surface area contributed by atoms with Crippen molar-refractivity contribution in [3.05, 3.63) is 81.9 Å². The first-order valence-electron chi connectivity index (χ1n) is 20.2. The number of methoxy groups -OCH3 is 4. The van der Waals surface area contributed by atoms with E-state index in [0.717, 1.165) is 27.8 Å². The second kappa shape index (κ2) is 14.8. The molecule has 0 bridgehead atoms. The highest BCUT2D eigenvalue weighted by Crippen LogP contribution is 2.56. The third kappa shape index (κ3) is 6.06. The topological polar surface area (TPSA) is 133 Å². The van der Waals surface area contributed by atoms with Crippen LogP contribution >= 0.6 is 0 Å². The maximum absolute atomic E-state index is 12.8. The molecule has 0 saturated heterocycles. The van der Waals surface area contributed by atoms with Crippen LogP contribution in [0.25, 0.3) is 54.9 Å². The molecule has 308 valence electrons. The van der Waals surface area contributed by atoms with Crippen molar-refractivity contribution in [2.24, 2.45) is 0 Å². The van der Waals surface area contributed by atoms with Crippen LogP contribution in [-0.4, -0.2) is 72.9 Å². The number of likely N-dealkylation sites (N-methyl/N-ethyl adjacent to an activating group) is 1. The number of hydrogen-bond donors (Lipinski definition) is 5. The molecular weight excluding hydrogens is 745 g/mol. The molecule has 59 heavy (non-hydrogen) atoms. The number of aromatic hydroxyl groups is 4. The Hall–Kier alpha value is -5.84. The Kier molecular flexibility index (Phi) is 10.0. The number of nitrogens with zero attached hydrogens (tertiary/aromatic N) is 1. The van der Waals surface area contributed by atoms with E-state index >= 15 is 0 Å². The zero-order valence-electron chi connectivity index (χ0n) is 35.7. The molecule has 0 radical (unpaired) electrons. The Morgan fingerprint density at radius 1 is 0.593 bits per heavy atom. The van der Waals surface area contributed by atoms with E-state index in [-0.39, 0.29) is 47.2 Å². The number of nitrogens with one attached hydrogen (secondary N) is 1. The van der Waals surface area contributed by atoms with Gasteiger partial charge in [-0.1, -0.05) is 6.07 Å². The SMILES string of the molecule is COc1cc(O)c(-c2ccc(OC)c3c(O)cc(C)c(-c4cc(-c5c(O)cc(OC)c6c5C[C@@H](C)N[C@@H]6C)c5cc(C)cc(OC)c5c4O)c23)c2c1[C@@H](C)N(C)[C@H](C)C2. The Morgan fingerprint density at radius 2 is 1.20 bits per heavy atom. The van der Waals surface area contributed by atoms with Crippen LogP contribution < -0.4 is 24.3 Å². The van der Waals surface area contributed by atoms with Gasteiger partial charge < -0.3 is 44.7 Å². The molecule has 6 aromatic rings. The molecule has 0 fully saturated rings. The molecule has 0 aliphatic carbocycles. The van der Waals surface area contributed by atoms with Gasteiger partial charge in [0.05, 0.1) is 39.2 Å². The predicted octanol–water partition coefficient (Wildman–Crippen LogP) is 10.0. The summed E-state index contributed by atoms with van der Waals surface area (Å²) in [6.45, 7) is 12.4. The third-order valence-corrected chi connectivity index (χ3v) is 13.0. The van der Waals surface area contributed by atoms with Crippen molar-refractivity contribution in [3.8, 4) is 79.4 Å². The second-order valence-corrected chi connectivity index (χ2v) is 16.5. The standard InChI is InChI=1S/C49H54N2O8/c1-22-14-29-30(45-31-17-24(3)50-26(5)42(31)39(58-10)20-36(45)54)19-33(49(55)46(29)38(15-22)57-9)41-23(2)16-34(52)48-37(56-8)13-12-28(47(41)48)44-32-18-25(4)51(7)27(6)43(32)40(59-11)21-35(44)53/h12-16,19-21,24-27,50,52-55H,17-18H2,1-11H3/t24-,25-,26-,27-/m1/s1. The van der Waals surface area contributed by atoms with Crippen LogP contribution in [0.15, 0.2) is 48.5 Å². The largest absolute Gasteiger partial charge is 0.507 e. The summed E-state index contributed by atoms with van der Waals surface area (Å²) in [7, 11) is 8.47. The van der Waals surface area contributed by atoms with Gasteiger partial charge in [-0.3, -0.25) is 4.90 Å². The van der Waals surface area contributed by atoms with Gasteiger partial charge >= 0.3 is 0 Å². The Labute approximate surface area is 345 Å². The number of hydrogen-bond acceptors (Lipinski definition) is 10. The zero-order chi connectivity index (χ0) is 42.3. The van der Waals surface area contributed by atoms with Crippen molar-refractivity contribution in [3.63, 3.8) is 0 Å². The van der Waals surface area contributed by atoms with Gasteiger partial charge in [-0.2, -0.15) is 0 Å². The fourth-order valence-corrected chi connectivity index (χ4v) is 10.2. The van der Waals surface area contributed by atoms with Crippen LogP contribution in [0.1, 0.15) is 73.2 Å². The van der Waals surface area contributed by atoms with Crippen LogP contribution in [0.2, 0.25) is 0 Å². The van der Waals surface area contributed by atoms with Gasteiger partial charge in [0.15, 0.2) is 0 Å². The number of ether oxygens (including phenoxy) is 4. The highest BCUT2D eigenvalue weighted by Gasteiger charge is 2.35. The van der Waals surface area contributed by atoms with Crippen molar-refractivity contribution >= 4 is 21.5 Å². The number of benzene rings is 6. The minimum absolute atomic E-state index is 0.00524. The van der Waals surface area contributed by atoms with Crippen LogP contribution in [-0.2, 0) is 12.8 Å². The average Bonchev–Trinajstić information content (AvgIpc) is 3.19. The number of rotatable bonds is 7. The third-order valence-electron chi connectivity index (χ3n) is 13.0. The fraction of sp³-hybridized carbons (Fsp3) is 0.347. The molecule has 0 aromatic heterocycles. The van der Waals surface area contributed by atoms with Crippen LogP contribution in [0.5, 0.6) is 46.0 Å². The smallest absolute Gasteiger partial charge is 0.135 e. The molecule has 4 atom stereocenters. The lowest BCUT2D eigenvalue weighted by Crippen LogP contribution is -2.38. The molecule has 0 saturated carbocycles. The lowest BCUT2D eigenvalue weighted by molar-refractivity contribution is 0.175. The first-order chi connectivity index (χ1) is 28.1. The molecule has 5 N–H and O–H groups in total. The van der Waals surface area contributed by atoms with E-state index in [1.165, 1.54) is 0 Å². The summed E-state index contributed by atoms with van der Waals surface area (Å²) in [4.78, 5) is 2.30. The molecule has 0 amide bonds. The van der Waals surface area contributed by atoms with Gasteiger partial charge in [-0.25, -0.2) is 0 Å². The Bertz CT molecular complexity index is 2710. The van der Waals surface area contributed by atoms with Gasteiger partial charge in [0, 0.05) is 69.5 Å². The molecule has 8 rings (SSSR count). The minimum Gasteiger partial charge on any atom is -0.507 e. The number of phenolic OH excluding ortho intramolecular Hbond substituents is 4. The summed E-state index contributed by atoms with van der Waals surface area (Å²) in [6, 6.07) is 14.8. The van der Waals surface area contributed by atoms with Crippen molar-refractivity contribution in [1.29, 1.82) is 0 Å². The molecule has 2 aliphatic heterocycles. The summed E-state index contributed by atoms with van der Waals surface area (Å²) >= 11 is 0. The number of aryl methyl sites for hydroxylation is 2. The van der Waals surface area contributed by atoms with Crippen LogP contribution in [0.3, 0.4) is 0 Å². The van der Waals surface area contributed by atoms with Gasteiger partial charge in [0.25, 0.3) is 0 Å². The fourth-order valence-electron chi connectivity index (χ4n) is 10.2. The molecule has 6 aromatic carbocycles. The Morgan fingerprint density at radius 3 is 1.85 bits per heavy atom. The Balaban J connectivity index is 1.57. The van der Waals surface area contributed by atoms with Gasteiger partial charge in [0.1, 0.15) is 46.0 Å². The van der Waals surface area contributed by atoms with Crippen molar-refractivity contribution < 1.29 is 39.4 Å². The van der Waals surface area contributed by atoms with E-state index in [2.05, 4.69) is 45.0 Å². The second-order valence-electron chi connectivity index (χ2n) is 16.5. The highest BCUT2D eigenvalue weighted by molar-refractivity contribution is 6.17. The first kappa shape index (κ1) is 40.0. The van der Waals surface area contributed by atoms with E-state index in [1.54, 1.807) is 46.6 Å². The van der Waals surface area contributed by atoms with Gasteiger partial charge in [-0.15, -0.1) is 0 Å². The van der Waals surface area contributed by atoms with Crippen molar-refractivity contribution in [2.45, 2.75) is 78.6 Å². The first-order valence-corrected chi connectivity index (χ1v) is 20.2. The van der Waals surface area contributed by atoms with E-state index in [9.17, 15) is 20.4 Å². The maximum atomic E-state index is 12.8. The predicted molar refractivity (Wildman–Crippen MR) is 234 cm³/mol. The summed E-state index contributed by atoms with van der Waals surface area (Å²) in [5, 5.41) is 54.6. The minimum atomic E-state index is -0.0613. The van der Waals surface area contributed by atoms with E-state index < -0.39 is 0 Å². The summed E-state index contributed by atoms with van der Waals surface area (Å²) < 4.78 is 23.7.